The first-order chi connectivity index (χ1) is 20.8. The van der Waals surface area contributed by atoms with E-state index in [0.717, 1.165) is 38.6 Å². The first kappa shape index (κ1) is 28.8. The first-order valence-corrected chi connectivity index (χ1v) is 16.1. The molecule has 0 radical (unpaired) electrons. The van der Waals surface area contributed by atoms with Crippen molar-refractivity contribution in [3.8, 4) is 27.8 Å². The highest BCUT2D eigenvalue weighted by Gasteiger charge is 2.35. The molecule has 1 aliphatic heterocycles. The smallest absolute Gasteiger partial charge is 0.303 e. The molecule has 0 bridgehead atoms. The molecule has 0 aliphatic carbocycles. The number of benzene rings is 2. The molecule has 0 amide bonds. The maximum Gasteiger partial charge on any atom is 0.303 e. The summed E-state index contributed by atoms with van der Waals surface area (Å²) in [4.78, 5) is 21.1. The van der Waals surface area contributed by atoms with Gasteiger partial charge in [0.1, 0.15) is 15.7 Å². The van der Waals surface area contributed by atoms with Crippen LogP contribution in [0.1, 0.15) is 34.6 Å². The summed E-state index contributed by atoms with van der Waals surface area (Å²) in [5.41, 5.74) is 4.76. The number of pyridine rings is 1. The highest BCUT2D eigenvalue weighted by Crippen LogP contribution is 2.39. The van der Waals surface area contributed by atoms with Crippen LogP contribution >= 0.6 is 11.3 Å². The molecule has 43 heavy (non-hydrogen) atoms. The Labute approximate surface area is 253 Å². The number of hydrogen-bond donors (Lipinski definition) is 1. The normalized spacial score (nSPS) is 13.2. The van der Waals surface area contributed by atoms with E-state index < -0.39 is 16.0 Å². The number of thiophene rings is 1. The van der Waals surface area contributed by atoms with Gasteiger partial charge < -0.3 is 14.3 Å². The number of rotatable bonds is 11. The fourth-order valence-corrected chi connectivity index (χ4v) is 7.95. The van der Waals surface area contributed by atoms with E-state index in [1.807, 2.05) is 67.6 Å². The number of aryl methyl sites for hydroxylation is 2. The number of carboxylic acid groups (broad SMARTS) is 1. The molecule has 1 N–H and O–H groups in total. The van der Waals surface area contributed by atoms with E-state index in [0.29, 0.717) is 36.8 Å². The zero-order valence-electron chi connectivity index (χ0n) is 23.4. The fourth-order valence-electron chi connectivity index (χ4n) is 5.13. The second-order valence-corrected chi connectivity index (χ2v) is 13.4. The van der Waals surface area contributed by atoms with Gasteiger partial charge in [-0.05, 0) is 66.9 Å². The van der Waals surface area contributed by atoms with Crippen molar-refractivity contribution < 1.29 is 27.5 Å². The molecule has 9 nitrogen and oxygen atoms in total. The Morgan fingerprint density at radius 3 is 2.56 bits per heavy atom. The molecule has 2 aromatic carbocycles. The van der Waals surface area contributed by atoms with Gasteiger partial charge in [-0.25, -0.2) is 13.4 Å². The van der Waals surface area contributed by atoms with Crippen molar-refractivity contribution in [3.63, 3.8) is 0 Å². The summed E-state index contributed by atoms with van der Waals surface area (Å²) in [6.45, 7) is 2.46. The highest BCUT2D eigenvalue weighted by atomic mass is 32.2. The van der Waals surface area contributed by atoms with Crippen molar-refractivity contribution in [3.05, 3.63) is 107 Å². The Bertz CT molecular complexity index is 1870. The molecule has 0 spiro atoms. The number of oxazole rings is 1. The SMILES string of the molecule is Cc1oc(-c2ccccc2)nc1CCOc1ccc(CCC(=O)O)c2c1CN(S(=O)(=O)c1ccc(-c3ccccn3)s1)C2. The number of nitrogens with zero attached hydrogens (tertiary/aromatic N) is 3. The molecular weight excluding hydrogens is 587 g/mol. The van der Waals surface area contributed by atoms with Gasteiger partial charge in [-0.3, -0.25) is 9.78 Å². The third kappa shape index (κ3) is 6.10. The third-order valence-electron chi connectivity index (χ3n) is 7.37. The topological polar surface area (TPSA) is 123 Å². The van der Waals surface area contributed by atoms with Crippen LogP contribution in [0.5, 0.6) is 5.75 Å². The number of carboxylic acids is 1. The minimum absolute atomic E-state index is 0.0487. The lowest BCUT2D eigenvalue weighted by Gasteiger charge is -2.14. The Morgan fingerprint density at radius 1 is 1.00 bits per heavy atom. The van der Waals surface area contributed by atoms with Crippen LogP contribution in [-0.4, -0.2) is 40.4 Å². The van der Waals surface area contributed by atoms with E-state index in [9.17, 15) is 18.3 Å². The number of ether oxygens (including phenoxy) is 1. The van der Waals surface area contributed by atoms with Gasteiger partial charge in [0, 0.05) is 43.3 Å². The van der Waals surface area contributed by atoms with Gasteiger partial charge in [-0.15, -0.1) is 11.3 Å². The summed E-state index contributed by atoms with van der Waals surface area (Å²) in [6.07, 6.45) is 2.43. The Morgan fingerprint density at radius 2 is 1.79 bits per heavy atom. The third-order valence-corrected chi connectivity index (χ3v) is 10.7. The number of fused-ring (bicyclic) bond motifs is 1. The Balaban J connectivity index is 1.22. The van der Waals surface area contributed by atoms with Crippen LogP contribution in [0.15, 0.2) is 87.6 Å². The molecular formula is C32H29N3O6S2. The molecule has 0 saturated carbocycles. The second-order valence-electron chi connectivity index (χ2n) is 10.2. The average molecular weight is 616 g/mol. The molecule has 1 aliphatic rings. The first-order valence-electron chi connectivity index (χ1n) is 13.8. The zero-order valence-corrected chi connectivity index (χ0v) is 25.0. The van der Waals surface area contributed by atoms with Crippen LogP contribution in [0.25, 0.3) is 22.0 Å². The average Bonchev–Trinajstić information content (AvgIpc) is 3.77. The molecule has 11 heteroatoms. The van der Waals surface area contributed by atoms with Gasteiger partial charge in [0.2, 0.25) is 5.89 Å². The second kappa shape index (κ2) is 12.1. The van der Waals surface area contributed by atoms with Crippen LogP contribution in [0.3, 0.4) is 0 Å². The number of aliphatic carboxylic acids is 1. The minimum Gasteiger partial charge on any atom is -0.493 e. The molecule has 0 atom stereocenters. The molecule has 5 aromatic rings. The van der Waals surface area contributed by atoms with Gasteiger partial charge in [0.25, 0.3) is 10.0 Å². The summed E-state index contributed by atoms with van der Waals surface area (Å²) in [5.74, 6) is 0.944. The lowest BCUT2D eigenvalue weighted by molar-refractivity contribution is -0.136. The van der Waals surface area contributed by atoms with Gasteiger partial charge in [0.15, 0.2) is 0 Å². The summed E-state index contributed by atoms with van der Waals surface area (Å²) < 4.78 is 41.2. The van der Waals surface area contributed by atoms with Gasteiger partial charge in [-0.2, -0.15) is 4.31 Å². The van der Waals surface area contributed by atoms with Crippen LogP contribution in [0.2, 0.25) is 0 Å². The summed E-state index contributed by atoms with van der Waals surface area (Å²) in [6, 6.07) is 22.2. The minimum atomic E-state index is -3.82. The Hall–Kier alpha value is -4.32. The number of sulfonamides is 1. The van der Waals surface area contributed by atoms with E-state index >= 15 is 0 Å². The van der Waals surface area contributed by atoms with E-state index in [-0.39, 0.29) is 23.7 Å². The standard InChI is InChI=1S/C32H29N3O6S2/c1-21-26(34-32(41-21)23-7-3-2-4-8-23)16-18-40-28-12-10-22(11-14-30(36)37)24-19-35(20-25(24)28)43(38,39)31-15-13-29(42-31)27-9-5-6-17-33-27/h2-10,12-13,15,17H,11,14,16,18-20H2,1H3,(H,36,37). The molecule has 3 aromatic heterocycles. The zero-order chi connectivity index (χ0) is 30.0. The van der Waals surface area contributed by atoms with Crippen molar-refractivity contribution >= 4 is 27.3 Å². The molecule has 220 valence electrons. The molecule has 0 fully saturated rings. The molecule has 4 heterocycles. The van der Waals surface area contributed by atoms with Crippen LogP contribution in [-0.2, 0) is 40.7 Å². The lowest BCUT2D eigenvalue weighted by Crippen LogP contribution is -2.25. The van der Waals surface area contributed by atoms with Crippen molar-refractivity contribution in [1.29, 1.82) is 0 Å². The maximum absolute atomic E-state index is 13.8. The van der Waals surface area contributed by atoms with Crippen LogP contribution in [0.4, 0.5) is 0 Å². The number of carbonyl (C=O) groups is 1. The predicted molar refractivity (Wildman–Crippen MR) is 162 cm³/mol. The van der Waals surface area contributed by atoms with E-state index in [2.05, 4.69) is 9.97 Å². The largest absolute Gasteiger partial charge is 0.493 e. The van der Waals surface area contributed by atoms with Crippen LogP contribution < -0.4 is 4.74 Å². The van der Waals surface area contributed by atoms with Gasteiger partial charge in [0.05, 0.1) is 22.9 Å². The van der Waals surface area contributed by atoms with Gasteiger partial charge >= 0.3 is 5.97 Å². The summed E-state index contributed by atoms with van der Waals surface area (Å²) in [5, 5.41) is 9.28. The van der Waals surface area contributed by atoms with Crippen molar-refractivity contribution in [2.75, 3.05) is 6.61 Å². The highest BCUT2D eigenvalue weighted by molar-refractivity contribution is 7.91. The molecule has 0 unspecified atom stereocenters. The maximum atomic E-state index is 13.8. The molecule has 6 rings (SSSR count). The van der Waals surface area contributed by atoms with E-state index in [1.165, 1.54) is 15.6 Å². The monoisotopic (exact) mass is 615 g/mol. The summed E-state index contributed by atoms with van der Waals surface area (Å²) >= 11 is 1.18. The summed E-state index contributed by atoms with van der Waals surface area (Å²) in [7, 11) is -3.82. The van der Waals surface area contributed by atoms with Crippen molar-refractivity contribution in [1.82, 2.24) is 14.3 Å². The lowest BCUT2D eigenvalue weighted by atomic mass is 9.99. The van der Waals surface area contributed by atoms with E-state index in [1.54, 1.807) is 18.3 Å². The fraction of sp³-hybridized carbons (Fsp3) is 0.219. The van der Waals surface area contributed by atoms with Crippen molar-refractivity contribution in [2.45, 2.75) is 43.5 Å². The number of aromatic nitrogens is 2. The Kier molecular flexibility index (Phi) is 8.11. The predicted octanol–water partition coefficient (Wildman–Crippen LogP) is 6.12. The number of hydrogen-bond acceptors (Lipinski definition) is 8. The quantitative estimate of drug-likeness (QED) is 0.189. The van der Waals surface area contributed by atoms with Crippen LogP contribution in [0, 0.1) is 6.92 Å². The molecule has 0 saturated heterocycles. The van der Waals surface area contributed by atoms with Gasteiger partial charge in [-0.1, -0.05) is 30.3 Å². The van der Waals surface area contributed by atoms with Crippen molar-refractivity contribution in [2.24, 2.45) is 0 Å². The van der Waals surface area contributed by atoms with E-state index in [4.69, 9.17) is 9.15 Å².